The first-order valence-electron chi connectivity index (χ1n) is 11.5. The molecule has 3 N–H and O–H groups in total. The smallest absolute Gasteiger partial charge is 0.149 e. The van der Waals surface area contributed by atoms with Crippen LogP contribution in [0.25, 0.3) is 11.0 Å². The van der Waals surface area contributed by atoms with Gasteiger partial charge in [0.2, 0.25) is 0 Å². The molecule has 5 rings (SSSR count). The average Bonchev–Trinajstić information content (AvgIpc) is 2.81. The minimum atomic E-state index is 0.160. The van der Waals surface area contributed by atoms with Crippen molar-refractivity contribution in [3.63, 3.8) is 0 Å². The number of hydrogen-bond donors (Lipinski definition) is 2. The number of benzene rings is 1. The van der Waals surface area contributed by atoms with Crippen molar-refractivity contribution >= 4 is 28.2 Å². The van der Waals surface area contributed by atoms with Crippen LogP contribution < -0.4 is 20.7 Å². The third kappa shape index (κ3) is 4.70. The molecule has 1 saturated heterocycles. The number of likely N-dealkylation sites (N-methyl/N-ethyl adjacent to an activating group) is 1. The van der Waals surface area contributed by atoms with E-state index < -0.39 is 0 Å². The van der Waals surface area contributed by atoms with Crippen LogP contribution in [-0.4, -0.2) is 65.2 Å². The maximum Gasteiger partial charge on any atom is 0.149 e. The zero-order valence-electron chi connectivity index (χ0n) is 18.6. The van der Waals surface area contributed by atoms with Crippen molar-refractivity contribution in [2.24, 2.45) is 0 Å². The Hall–Kier alpha value is -3.13. The lowest BCUT2D eigenvalue weighted by Crippen LogP contribution is -2.44. The van der Waals surface area contributed by atoms with Crippen LogP contribution in [0.2, 0.25) is 0 Å². The average molecular weight is 434 g/mol. The fourth-order valence-corrected chi connectivity index (χ4v) is 4.59. The molecule has 8 nitrogen and oxygen atoms in total. The van der Waals surface area contributed by atoms with Crippen molar-refractivity contribution in [2.45, 2.75) is 37.8 Å². The summed E-state index contributed by atoms with van der Waals surface area (Å²) < 4.78 is 6.30. The lowest BCUT2D eigenvalue weighted by molar-refractivity contribution is 0.152. The normalized spacial score (nSPS) is 22.1. The van der Waals surface area contributed by atoms with E-state index in [4.69, 9.17) is 10.5 Å². The van der Waals surface area contributed by atoms with Gasteiger partial charge in [-0.25, -0.2) is 9.97 Å². The Morgan fingerprint density at radius 3 is 2.50 bits per heavy atom. The van der Waals surface area contributed by atoms with Gasteiger partial charge in [-0.2, -0.15) is 0 Å². The van der Waals surface area contributed by atoms with Crippen LogP contribution in [0.1, 0.15) is 25.7 Å². The molecule has 2 aromatic heterocycles. The number of fused-ring (bicyclic) bond motifs is 1. The van der Waals surface area contributed by atoms with Gasteiger partial charge in [0.15, 0.2) is 0 Å². The predicted octanol–water partition coefficient (Wildman–Crippen LogP) is 3.16. The number of anilines is 3. The Bertz CT molecular complexity index is 1040. The van der Waals surface area contributed by atoms with Crippen molar-refractivity contribution in [3.8, 4) is 5.75 Å². The number of piperazine rings is 1. The van der Waals surface area contributed by atoms with E-state index in [1.54, 1.807) is 12.4 Å². The summed E-state index contributed by atoms with van der Waals surface area (Å²) in [7, 11) is 2.17. The summed E-state index contributed by atoms with van der Waals surface area (Å²) in [6, 6.07) is 8.38. The standard InChI is InChI=1S/C24H31N7O/c1-30-10-12-31(13-11-30)19-4-7-23(28-16-19)29-18-2-5-20(6-3-18)32-22-15-17(25)14-21-24(22)27-9-8-26-21/h4,7-9,14-16,18,20H,2-3,5-6,10-13,25H2,1H3,(H,28,29). The second-order valence-electron chi connectivity index (χ2n) is 8.87. The largest absolute Gasteiger partial charge is 0.488 e. The van der Waals surface area contributed by atoms with Gasteiger partial charge in [0.25, 0.3) is 0 Å². The van der Waals surface area contributed by atoms with E-state index >= 15 is 0 Å². The number of rotatable bonds is 5. The zero-order chi connectivity index (χ0) is 21.9. The number of nitrogens with one attached hydrogen (secondary N) is 1. The molecule has 1 aliphatic carbocycles. The van der Waals surface area contributed by atoms with Crippen LogP contribution in [0.5, 0.6) is 5.75 Å². The molecule has 2 fully saturated rings. The third-order valence-corrected chi connectivity index (χ3v) is 6.50. The lowest BCUT2D eigenvalue weighted by Gasteiger charge is -2.34. The monoisotopic (exact) mass is 433 g/mol. The molecule has 3 aromatic rings. The molecule has 1 aliphatic heterocycles. The molecule has 2 aliphatic rings. The molecule has 32 heavy (non-hydrogen) atoms. The van der Waals surface area contributed by atoms with Crippen molar-refractivity contribution < 1.29 is 4.74 Å². The van der Waals surface area contributed by atoms with Crippen LogP contribution in [0.4, 0.5) is 17.2 Å². The van der Waals surface area contributed by atoms with Gasteiger partial charge in [-0.3, -0.25) is 4.98 Å². The van der Waals surface area contributed by atoms with Gasteiger partial charge in [0, 0.05) is 56.4 Å². The highest BCUT2D eigenvalue weighted by atomic mass is 16.5. The number of pyridine rings is 1. The molecule has 3 heterocycles. The summed E-state index contributed by atoms with van der Waals surface area (Å²) in [4.78, 5) is 18.2. The van der Waals surface area contributed by atoms with E-state index in [2.05, 4.69) is 49.2 Å². The van der Waals surface area contributed by atoms with Crippen molar-refractivity contribution in [1.82, 2.24) is 19.9 Å². The molecule has 8 heteroatoms. The Morgan fingerprint density at radius 1 is 0.969 bits per heavy atom. The summed E-state index contributed by atoms with van der Waals surface area (Å²) in [6.07, 6.45) is 9.56. The Kier molecular flexibility index (Phi) is 5.94. The van der Waals surface area contributed by atoms with E-state index in [9.17, 15) is 0 Å². The van der Waals surface area contributed by atoms with Crippen molar-refractivity contribution in [2.75, 3.05) is 49.2 Å². The van der Waals surface area contributed by atoms with Gasteiger partial charge >= 0.3 is 0 Å². The molecular weight excluding hydrogens is 402 g/mol. The second kappa shape index (κ2) is 9.16. The summed E-state index contributed by atoms with van der Waals surface area (Å²) in [5.74, 6) is 1.68. The van der Waals surface area contributed by atoms with Gasteiger partial charge in [-0.05, 0) is 50.9 Å². The van der Waals surface area contributed by atoms with Crippen LogP contribution >= 0.6 is 0 Å². The van der Waals surface area contributed by atoms with Gasteiger partial charge in [0.05, 0.1) is 23.5 Å². The molecule has 0 spiro atoms. The predicted molar refractivity (Wildman–Crippen MR) is 128 cm³/mol. The lowest BCUT2D eigenvalue weighted by atomic mass is 9.93. The minimum absolute atomic E-state index is 0.160. The van der Waals surface area contributed by atoms with Crippen molar-refractivity contribution in [1.29, 1.82) is 0 Å². The van der Waals surface area contributed by atoms with E-state index in [0.717, 1.165) is 74.5 Å². The van der Waals surface area contributed by atoms with Gasteiger partial charge in [0.1, 0.15) is 17.1 Å². The highest BCUT2D eigenvalue weighted by molar-refractivity contribution is 5.84. The van der Waals surface area contributed by atoms with E-state index in [1.807, 2.05) is 18.3 Å². The molecule has 0 radical (unpaired) electrons. The van der Waals surface area contributed by atoms with Crippen LogP contribution in [0, 0.1) is 0 Å². The van der Waals surface area contributed by atoms with E-state index in [1.165, 1.54) is 5.69 Å². The first-order valence-corrected chi connectivity index (χ1v) is 11.5. The molecular formula is C24H31N7O. The molecule has 0 atom stereocenters. The van der Waals surface area contributed by atoms with Crippen LogP contribution in [-0.2, 0) is 0 Å². The fraction of sp³-hybridized carbons (Fsp3) is 0.458. The first-order chi connectivity index (χ1) is 15.6. The van der Waals surface area contributed by atoms with Crippen molar-refractivity contribution in [3.05, 3.63) is 42.9 Å². The Balaban J connectivity index is 1.15. The van der Waals surface area contributed by atoms with Gasteiger partial charge in [-0.1, -0.05) is 0 Å². The number of aromatic nitrogens is 3. The first kappa shape index (κ1) is 20.8. The minimum Gasteiger partial charge on any atom is -0.488 e. The highest BCUT2D eigenvalue weighted by Gasteiger charge is 2.24. The number of nitrogen functional groups attached to an aromatic ring is 1. The molecule has 168 valence electrons. The number of hydrogen-bond acceptors (Lipinski definition) is 8. The van der Waals surface area contributed by atoms with Crippen LogP contribution in [0.15, 0.2) is 42.9 Å². The third-order valence-electron chi connectivity index (χ3n) is 6.50. The Labute approximate surface area is 188 Å². The molecule has 0 unspecified atom stereocenters. The molecule has 0 amide bonds. The topological polar surface area (TPSA) is 92.4 Å². The maximum absolute atomic E-state index is 6.30. The zero-order valence-corrected chi connectivity index (χ0v) is 18.6. The van der Waals surface area contributed by atoms with Crippen LogP contribution in [0.3, 0.4) is 0 Å². The molecule has 1 saturated carbocycles. The molecule has 1 aromatic carbocycles. The fourth-order valence-electron chi connectivity index (χ4n) is 4.59. The quantitative estimate of drug-likeness (QED) is 0.593. The number of ether oxygens (including phenoxy) is 1. The summed E-state index contributed by atoms with van der Waals surface area (Å²) in [5, 5.41) is 3.61. The Morgan fingerprint density at radius 2 is 1.75 bits per heavy atom. The summed E-state index contributed by atoms with van der Waals surface area (Å²) in [5.41, 5.74) is 9.42. The van der Waals surface area contributed by atoms with E-state index in [-0.39, 0.29) is 6.10 Å². The summed E-state index contributed by atoms with van der Waals surface area (Å²) >= 11 is 0. The highest BCUT2D eigenvalue weighted by Crippen LogP contribution is 2.31. The van der Waals surface area contributed by atoms with E-state index in [0.29, 0.717) is 11.7 Å². The SMILES string of the molecule is CN1CCN(c2ccc(NC3CCC(Oc4cc(N)cc5nccnc45)CC3)nc2)CC1. The maximum atomic E-state index is 6.30. The summed E-state index contributed by atoms with van der Waals surface area (Å²) in [6.45, 7) is 4.32. The second-order valence-corrected chi connectivity index (χ2v) is 8.87. The number of nitrogens with two attached hydrogens (primary N) is 1. The molecule has 0 bridgehead atoms. The van der Waals surface area contributed by atoms with Gasteiger partial charge < -0.3 is 25.6 Å². The number of nitrogens with zero attached hydrogens (tertiary/aromatic N) is 5. The van der Waals surface area contributed by atoms with Gasteiger partial charge in [-0.15, -0.1) is 0 Å².